The van der Waals surface area contributed by atoms with Gasteiger partial charge in [0.15, 0.2) is 0 Å². The highest BCUT2D eigenvalue weighted by Gasteiger charge is 2.32. The molecule has 1 atom stereocenters. The molecular formula is C14H13F3O3. The van der Waals surface area contributed by atoms with E-state index in [2.05, 4.69) is 4.74 Å². The number of hydrogen-bond donors (Lipinski definition) is 1. The number of halogens is 3. The molecule has 0 bridgehead atoms. The van der Waals surface area contributed by atoms with Gasteiger partial charge in [-0.3, -0.25) is 0 Å². The predicted molar refractivity (Wildman–Crippen MR) is 65.1 cm³/mol. The van der Waals surface area contributed by atoms with Crippen LogP contribution >= 0.6 is 0 Å². The van der Waals surface area contributed by atoms with Crippen molar-refractivity contribution in [2.24, 2.45) is 0 Å². The molecule has 20 heavy (non-hydrogen) atoms. The van der Waals surface area contributed by atoms with Gasteiger partial charge in [0.05, 0.1) is 12.4 Å². The van der Waals surface area contributed by atoms with E-state index in [1.165, 1.54) is 24.5 Å². The van der Waals surface area contributed by atoms with Gasteiger partial charge in [-0.05, 0) is 24.6 Å². The van der Waals surface area contributed by atoms with Crippen LogP contribution in [-0.2, 0) is 6.42 Å². The Morgan fingerprint density at radius 1 is 1.15 bits per heavy atom. The third-order valence-corrected chi connectivity index (χ3v) is 2.75. The van der Waals surface area contributed by atoms with E-state index in [-0.39, 0.29) is 17.7 Å². The first-order chi connectivity index (χ1) is 9.46. The Balaban J connectivity index is 2.07. The van der Waals surface area contributed by atoms with Gasteiger partial charge < -0.3 is 14.3 Å². The van der Waals surface area contributed by atoms with Crippen molar-refractivity contribution in [1.82, 2.24) is 0 Å². The average molecular weight is 286 g/mol. The van der Waals surface area contributed by atoms with Crippen LogP contribution in [0.3, 0.4) is 0 Å². The summed E-state index contributed by atoms with van der Waals surface area (Å²) in [6.45, 7) is 0. The lowest BCUT2D eigenvalue weighted by Gasteiger charge is -2.16. The Morgan fingerprint density at radius 3 is 2.55 bits per heavy atom. The van der Waals surface area contributed by atoms with Gasteiger partial charge in [0.2, 0.25) is 0 Å². The summed E-state index contributed by atoms with van der Waals surface area (Å²) in [4.78, 5) is 0. The van der Waals surface area contributed by atoms with E-state index < -0.39 is 12.5 Å². The number of ether oxygens (including phenoxy) is 1. The zero-order chi connectivity index (χ0) is 14.6. The van der Waals surface area contributed by atoms with E-state index >= 15 is 0 Å². The fourth-order valence-corrected chi connectivity index (χ4v) is 1.86. The van der Waals surface area contributed by atoms with E-state index in [1.54, 1.807) is 18.2 Å². The molecule has 1 heterocycles. The van der Waals surface area contributed by atoms with Crippen LogP contribution < -0.4 is 4.74 Å². The minimum Gasteiger partial charge on any atom is -0.469 e. The average Bonchev–Trinajstić information content (AvgIpc) is 2.88. The molecule has 1 unspecified atom stereocenters. The van der Waals surface area contributed by atoms with Crippen molar-refractivity contribution in [2.75, 3.05) is 0 Å². The smallest absolute Gasteiger partial charge is 0.469 e. The molecule has 3 nitrogen and oxygen atoms in total. The Kier molecular flexibility index (Phi) is 4.34. The number of para-hydroxylation sites is 1. The van der Waals surface area contributed by atoms with Crippen LogP contribution in [0.4, 0.5) is 13.2 Å². The predicted octanol–water partition coefficient (Wildman–Crippen LogP) is 3.84. The summed E-state index contributed by atoms with van der Waals surface area (Å²) in [5.41, 5.74) is 0.108. The summed E-state index contributed by atoms with van der Waals surface area (Å²) >= 11 is 0. The minimum atomic E-state index is -4.78. The molecule has 108 valence electrons. The van der Waals surface area contributed by atoms with E-state index in [4.69, 9.17) is 4.42 Å². The number of aliphatic hydroxyl groups excluding tert-OH is 1. The number of benzene rings is 1. The van der Waals surface area contributed by atoms with Crippen molar-refractivity contribution in [3.63, 3.8) is 0 Å². The molecule has 0 saturated heterocycles. The molecule has 0 amide bonds. The van der Waals surface area contributed by atoms with Crippen LogP contribution in [-0.4, -0.2) is 11.5 Å². The lowest BCUT2D eigenvalue weighted by Crippen LogP contribution is -2.18. The first kappa shape index (κ1) is 14.5. The summed E-state index contributed by atoms with van der Waals surface area (Å²) in [5, 5.41) is 10.0. The highest BCUT2D eigenvalue weighted by molar-refractivity contribution is 5.35. The number of aliphatic hydroxyl groups is 1. The molecule has 0 saturated carbocycles. The van der Waals surface area contributed by atoms with Crippen molar-refractivity contribution < 1.29 is 27.4 Å². The van der Waals surface area contributed by atoms with Crippen LogP contribution in [0.15, 0.2) is 47.1 Å². The maximum atomic E-state index is 12.3. The molecular weight excluding hydrogens is 273 g/mol. The lowest BCUT2D eigenvalue weighted by molar-refractivity contribution is -0.275. The number of hydrogen-bond acceptors (Lipinski definition) is 3. The van der Waals surface area contributed by atoms with Crippen molar-refractivity contribution in [2.45, 2.75) is 25.3 Å². The van der Waals surface area contributed by atoms with Crippen LogP contribution in [0.5, 0.6) is 5.75 Å². The van der Waals surface area contributed by atoms with Gasteiger partial charge in [-0.1, -0.05) is 18.2 Å². The number of rotatable bonds is 5. The monoisotopic (exact) mass is 286 g/mol. The highest BCUT2D eigenvalue weighted by atomic mass is 19.4. The Bertz CT molecular complexity index is 535. The maximum Gasteiger partial charge on any atom is 0.573 e. The Morgan fingerprint density at radius 2 is 1.90 bits per heavy atom. The van der Waals surface area contributed by atoms with Crippen molar-refractivity contribution in [3.8, 4) is 5.75 Å². The van der Waals surface area contributed by atoms with Gasteiger partial charge in [-0.25, -0.2) is 0 Å². The molecule has 0 spiro atoms. The second-order valence-corrected chi connectivity index (χ2v) is 4.22. The third-order valence-electron chi connectivity index (χ3n) is 2.75. The van der Waals surface area contributed by atoms with E-state index in [0.717, 1.165) is 0 Å². The number of furan rings is 1. The molecule has 0 aliphatic rings. The molecule has 0 fully saturated rings. The van der Waals surface area contributed by atoms with Gasteiger partial charge >= 0.3 is 6.36 Å². The molecule has 0 aliphatic carbocycles. The molecule has 6 heteroatoms. The molecule has 1 N–H and O–H groups in total. The van der Waals surface area contributed by atoms with Gasteiger partial charge in [0.1, 0.15) is 11.5 Å². The zero-order valence-corrected chi connectivity index (χ0v) is 10.4. The van der Waals surface area contributed by atoms with Crippen molar-refractivity contribution in [1.29, 1.82) is 0 Å². The van der Waals surface area contributed by atoms with E-state index in [1.807, 2.05) is 0 Å². The van der Waals surface area contributed by atoms with Crippen LogP contribution in [0.2, 0.25) is 0 Å². The summed E-state index contributed by atoms with van der Waals surface area (Å²) in [6, 6.07) is 9.01. The van der Waals surface area contributed by atoms with Gasteiger partial charge in [0.25, 0.3) is 0 Å². The fraction of sp³-hybridized carbons (Fsp3) is 0.286. The normalized spacial score (nSPS) is 13.2. The summed E-state index contributed by atoms with van der Waals surface area (Å²) in [6.07, 6.45) is -3.67. The second-order valence-electron chi connectivity index (χ2n) is 4.22. The largest absolute Gasteiger partial charge is 0.573 e. The van der Waals surface area contributed by atoms with Gasteiger partial charge in [-0.2, -0.15) is 0 Å². The standard InChI is InChI=1S/C14H13F3O3/c15-14(16,17)20-13-6-2-1-5-11(13)12(18)8-7-10-4-3-9-19-10/h1-6,9,12,18H,7-8H2. The number of alkyl halides is 3. The molecule has 2 aromatic rings. The number of aryl methyl sites for hydroxylation is 1. The topological polar surface area (TPSA) is 42.6 Å². The molecule has 2 rings (SSSR count). The minimum absolute atomic E-state index is 0.108. The molecule has 1 aromatic carbocycles. The molecule has 1 aromatic heterocycles. The molecule has 0 aliphatic heterocycles. The lowest BCUT2D eigenvalue weighted by atomic mass is 10.0. The SMILES string of the molecule is OC(CCc1ccco1)c1ccccc1OC(F)(F)F. The maximum absolute atomic E-state index is 12.3. The van der Waals surface area contributed by atoms with E-state index in [0.29, 0.717) is 12.2 Å². The summed E-state index contributed by atoms with van der Waals surface area (Å²) in [5.74, 6) is 0.283. The van der Waals surface area contributed by atoms with Gasteiger partial charge in [-0.15, -0.1) is 13.2 Å². The third kappa shape index (κ3) is 4.03. The van der Waals surface area contributed by atoms with E-state index in [9.17, 15) is 18.3 Å². The highest BCUT2D eigenvalue weighted by Crippen LogP contribution is 2.32. The van der Waals surface area contributed by atoms with Crippen molar-refractivity contribution >= 4 is 0 Å². The first-order valence-corrected chi connectivity index (χ1v) is 6.01. The van der Waals surface area contributed by atoms with Crippen LogP contribution in [0, 0.1) is 0 Å². The zero-order valence-electron chi connectivity index (χ0n) is 10.4. The summed E-state index contributed by atoms with van der Waals surface area (Å²) < 4.78 is 45.8. The Hall–Kier alpha value is -1.95. The fourth-order valence-electron chi connectivity index (χ4n) is 1.86. The summed E-state index contributed by atoms with van der Waals surface area (Å²) in [7, 11) is 0. The second kappa shape index (κ2) is 6.00. The Labute approximate surface area is 113 Å². The first-order valence-electron chi connectivity index (χ1n) is 6.01. The van der Waals surface area contributed by atoms with Gasteiger partial charge in [0, 0.05) is 12.0 Å². The van der Waals surface area contributed by atoms with Crippen LogP contribution in [0.25, 0.3) is 0 Å². The van der Waals surface area contributed by atoms with Crippen molar-refractivity contribution in [3.05, 3.63) is 54.0 Å². The molecule has 0 radical (unpaired) electrons. The van der Waals surface area contributed by atoms with Crippen LogP contribution in [0.1, 0.15) is 23.8 Å². The quantitative estimate of drug-likeness (QED) is 0.908.